The molecule has 1 amide bonds. The second-order valence-electron chi connectivity index (χ2n) is 6.20. The van der Waals surface area contributed by atoms with Gasteiger partial charge >= 0.3 is 0 Å². The Bertz CT molecular complexity index is 915. The Morgan fingerprint density at radius 2 is 1.85 bits per heavy atom. The fraction of sp³-hybridized carbons (Fsp3) is 0.190. The molecule has 0 atom stereocenters. The maximum atomic E-state index is 12.5. The summed E-state index contributed by atoms with van der Waals surface area (Å²) in [6.45, 7) is 2.57. The number of nitrogens with one attached hydrogen (secondary N) is 2. The average molecular weight is 381 g/mol. The maximum Gasteiger partial charge on any atom is 0.274 e. The Balaban J connectivity index is 1.59. The topological polar surface area (TPSA) is 66.9 Å². The number of hydrogen-bond acceptors (Lipinski definition) is 4. The van der Waals surface area contributed by atoms with Crippen LogP contribution in [0.15, 0.2) is 60.7 Å². The van der Waals surface area contributed by atoms with Crippen molar-refractivity contribution in [3.63, 3.8) is 0 Å². The highest BCUT2D eigenvalue weighted by molar-refractivity contribution is 6.30. The van der Waals surface area contributed by atoms with E-state index in [4.69, 9.17) is 11.6 Å². The molecule has 0 aliphatic heterocycles. The zero-order chi connectivity index (χ0) is 19.1. The molecule has 0 unspecified atom stereocenters. The second kappa shape index (κ2) is 9.14. The molecule has 138 valence electrons. The first kappa shape index (κ1) is 18.9. The highest BCUT2D eigenvalue weighted by atomic mass is 35.5. The zero-order valence-corrected chi connectivity index (χ0v) is 15.8. The van der Waals surface area contributed by atoms with Crippen molar-refractivity contribution in [2.24, 2.45) is 0 Å². The molecule has 0 fully saturated rings. The highest BCUT2D eigenvalue weighted by Gasteiger charge is 2.11. The lowest BCUT2D eigenvalue weighted by atomic mass is 10.1. The van der Waals surface area contributed by atoms with Crippen molar-refractivity contribution in [2.45, 2.75) is 19.8 Å². The largest absolute Gasteiger partial charge is 0.354 e. The molecular formula is C21H21ClN4O. The van der Waals surface area contributed by atoms with Gasteiger partial charge in [0.25, 0.3) is 5.91 Å². The minimum absolute atomic E-state index is 0.296. The molecule has 3 rings (SSSR count). The van der Waals surface area contributed by atoms with E-state index in [0.29, 0.717) is 22.4 Å². The maximum absolute atomic E-state index is 12.5. The Hall–Kier alpha value is -2.92. The van der Waals surface area contributed by atoms with Crippen LogP contribution in [-0.2, 0) is 6.42 Å². The molecule has 0 aliphatic carbocycles. The third kappa shape index (κ3) is 5.79. The van der Waals surface area contributed by atoms with E-state index >= 15 is 0 Å². The third-order valence-corrected chi connectivity index (χ3v) is 4.17. The van der Waals surface area contributed by atoms with E-state index < -0.39 is 0 Å². The number of benzene rings is 2. The van der Waals surface area contributed by atoms with Crippen LogP contribution < -0.4 is 10.6 Å². The molecule has 0 aliphatic rings. The first-order chi connectivity index (χ1) is 13.1. The molecule has 27 heavy (non-hydrogen) atoms. The third-order valence-electron chi connectivity index (χ3n) is 3.94. The summed E-state index contributed by atoms with van der Waals surface area (Å²) < 4.78 is 0. The SMILES string of the molecule is Cc1cc(C(=O)Nc2cccc(Cl)c2)nc(NCCCc2ccccc2)n1. The first-order valence-corrected chi connectivity index (χ1v) is 9.18. The summed E-state index contributed by atoms with van der Waals surface area (Å²) in [6, 6.07) is 19.0. The van der Waals surface area contributed by atoms with Crippen LogP contribution in [0.1, 0.15) is 28.2 Å². The van der Waals surface area contributed by atoms with Crippen LogP contribution in [-0.4, -0.2) is 22.4 Å². The van der Waals surface area contributed by atoms with E-state index in [1.807, 2.05) is 25.1 Å². The second-order valence-corrected chi connectivity index (χ2v) is 6.64. The molecule has 1 heterocycles. The van der Waals surface area contributed by atoms with Crippen LogP contribution in [0, 0.1) is 6.92 Å². The van der Waals surface area contributed by atoms with E-state index in [0.717, 1.165) is 25.1 Å². The number of aryl methyl sites for hydroxylation is 2. The van der Waals surface area contributed by atoms with Crippen LogP contribution in [0.2, 0.25) is 5.02 Å². The van der Waals surface area contributed by atoms with Crippen LogP contribution in [0.4, 0.5) is 11.6 Å². The van der Waals surface area contributed by atoms with E-state index in [2.05, 4.69) is 32.7 Å². The zero-order valence-electron chi connectivity index (χ0n) is 15.1. The monoisotopic (exact) mass is 380 g/mol. The number of hydrogen-bond donors (Lipinski definition) is 2. The Morgan fingerprint density at radius 3 is 2.63 bits per heavy atom. The van der Waals surface area contributed by atoms with Crippen LogP contribution in [0.3, 0.4) is 0 Å². The van der Waals surface area contributed by atoms with Gasteiger partial charge in [-0.05, 0) is 49.6 Å². The molecule has 3 aromatic rings. The number of carbonyl (C=O) groups excluding carboxylic acids is 1. The smallest absolute Gasteiger partial charge is 0.274 e. The number of rotatable bonds is 7. The van der Waals surface area contributed by atoms with Gasteiger partial charge in [-0.2, -0.15) is 0 Å². The van der Waals surface area contributed by atoms with E-state index in [1.165, 1.54) is 5.56 Å². The van der Waals surface area contributed by atoms with Crippen molar-refractivity contribution in [3.8, 4) is 0 Å². The van der Waals surface area contributed by atoms with Gasteiger partial charge in [0, 0.05) is 22.9 Å². The molecular weight excluding hydrogens is 360 g/mol. The van der Waals surface area contributed by atoms with Gasteiger partial charge in [-0.15, -0.1) is 0 Å². The minimum atomic E-state index is -0.296. The van der Waals surface area contributed by atoms with E-state index in [-0.39, 0.29) is 5.91 Å². The van der Waals surface area contributed by atoms with Crippen LogP contribution >= 0.6 is 11.6 Å². The summed E-state index contributed by atoms with van der Waals surface area (Å²) in [5.41, 5.74) is 2.96. The Kier molecular flexibility index (Phi) is 6.39. The fourth-order valence-electron chi connectivity index (χ4n) is 2.66. The molecule has 0 bridgehead atoms. The summed E-state index contributed by atoms with van der Waals surface area (Å²) in [7, 11) is 0. The molecule has 0 spiro atoms. The summed E-state index contributed by atoms with van der Waals surface area (Å²) in [5.74, 6) is 0.161. The molecule has 5 nitrogen and oxygen atoms in total. The molecule has 2 aromatic carbocycles. The normalized spacial score (nSPS) is 10.4. The Morgan fingerprint density at radius 1 is 1.04 bits per heavy atom. The van der Waals surface area contributed by atoms with Crippen molar-refractivity contribution < 1.29 is 4.79 Å². The number of nitrogens with zero attached hydrogens (tertiary/aromatic N) is 2. The van der Waals surface area contributed by atoms with Gasteiger partial charge in [-0.1, -0.05) is 48.0 Å². The summed E-state index contributed by atoms with van der Waals surface area (Å²) in [4.78, 5) is 21.2. The van der Waals surface area contributed by atoms with Crippen LogP contribution in [0.5, 0.6) is 0 Å². The molecule has 1 aromatic heterocycles. The first-order valence-electron chi connectivity index (χ1n) is 8.80. The van der Waals surface area contributed by atoms with Gasteiger partial charge in [0.05, 0.1) is 0 Å². The van der Waals surface area contributed by atoms with Gasteiger partial charge in [-0.25, -0.2) is 9.97 Å². The van der Waals surface area contributed by atoms with Crippen molar-refractivity contribution in [1.29, 1.82) is 0 Å². The lowest BCUT2D eigenvalue weighted by molar-refractivity contribution is 0.102. The van der Waals surface area contributed by atoms with Gasteiger partial charge in [0.2, 0.25) is 5.95 Å². The lowest BCUT2D eigenvalue weighted by Gasteiger charge is -2.09. The van der Waals surface area contributed by atoms with Crippen molar-refractivity contribution in [1.82, 2.24) is 9.97 Å². The molecule has 0 saturated heterocycles. The quantitative estimate of drug-likeness (QED) is 0.581. The molecule has 6 heteroatoms. The summed E-state index contributed by atoms with van der Waals surface area (Å²) in [5, 5.41) is 6.56. The number of carbonyl (C=O) groups is 1. The molecule has 2 N–H and O–H groups in total. The number of halogens is 1. The predicted molar refractivity (Wildman–Crippen MR) is 109 cm³/mol. The predicted octanol–water partition coefficient (Wildman–Crippen LogP) is 4.74. The molecule has 0 radical (unpaired) electrons. The van der Waals surface area contributed by atoms with Crippen molar-refractivity contribution in [2.75, 3.05) is 17.2 Å². The minimum Gasteiger partial charge on any atom is -0.354 e. The molecule has 0 saturated carbocycles. The van der Waals surface area contributed by atoms with Crippen molar-refractivity contribution in [3.05, 3.63) is 82.6 Å². The van der Waals surface area contributed by atoms with Gasteiger partial charge in [0.15, 0.2) is 0 Å². The number of anilines is 2. The summed E-state index contributed by atoms with van der Waals surface area (Å²) in [6.07, 6.45) is 1.92. The fourth-order valence-corrected chi connectivity index (χ4v) is 2.85. The highest BCUT2D eigenvalue weighted by Crippen LogP contribution is 2.16. The van der Waals surface area contributed by atoms with Crippen LogP contribution in [0.25, 0.3) is 0 Å². The van der Waals surface area contributed by atoms with Gasteiger partial charge in [-0.3, -0.25) is 4.79 Å². The van der Waals surface area contributed by atoms with Gasteiger partial charge in [0.1, 0.15) is 5.69 Å². The Labute approximate surface area is 163 Å². The van der Waals surface area contributed by atoms with Crippen molar-refractivity contribution >= 4 is 29.1 Å². The lowest BCUT2D eigenvalue weighted by Crippen LogP contribution is -2.16. The van der Waals surface area contributed by atoms with E-state index in [9.17, 15) is 4.79 Å². The van der Waals surface area contributed by atoms with Gasteiger partial charge < -0.3 is 10.6 Å². The number of amides is 1. The number of aromatic nitrogens is 2. The standard InChI is InChI=1S/C21H21ClN4O/c1-15-13-19(20(27)25-18-11-5-10-17(22)14-18)26-21(24-15)23-12-6-9-16-7-3-2-4-8-16/h2-5,7-8,10-11,13-14H,6,9,12H2,1H3,(H,25,27)(H,23,24,26). The average Bonchev–Trinajstić information content (AvgIpc) is 2.66. The van der Waals surface area contributed by atoms with E-state index in [1.54, 1.807) is 30.3 Å². The summed E-state index contributed by atoms with van der Waals surface area (Å²) >= 11 is 5.95.